The monoisotopic (exact) mass is 395 g/mol. The van der Waals surface area contributed by atoms with E-state index in [1.54, 1.807) is 24.9 Å². The Morgan fingerprint density at radius 3 is 2.86 bits per heavy atom. The fourth-order valence-electron chi connectivity index (χ4n) is 3.91. The number of nitrogens with zero attached hydrogens (tertiary/aromatic N) is 5. The molecule has 4 rings (SSSR count). The van der Waals surface area contributed by atoms with Gasteiger partial charge in [0.05, 0.1) is 23.7 Å². The van der Waals surface area contributed by atoms with Gasteiger partial charge in [-0.1, -0.05) is 0 Å². The molecule has 2 atom stereocenters. The van der Waals surface area contributed by atoms with Crippen molar-refractivity contribution in [2.75, 3.05) is 12.4 Å². The summed E-state index contributed by atoms with van der Waals surface area (Å²) in [4.78, 5) is 12.6. The van der Waals surface area contributed by atoms with Crippen molar-refractivity contribution in [2.24, 2.45) is 7.05 Å². The Hall–Kier alpha value is -3.07. The number of aryl methyl sites for hydroxylation is 2. The predicted octanol–water partition coefficient (Wildman–Crippen LogP) is 2.69. The summed E-state index contributed by atoms with van der Waals surface area (Å²) >= 11 is 0. The smallest absolute Gasteiger partial charge is 0.275 e. The molecule has 29 heavy (non-hydrogen) atoms. The zero-order valence-electron chi connectivity index (χ0n) is 16.8. The fraction of sp³-hybridized carbons (Fsp3) is 0.450. The van der Waals surface area contributed by atoms with Gasteiger partial charge in [-0.2, -0.15) is 20.4 Å². The van der Waals surface area contributed by atoms with Gasteiger partial charge in [-0.05, 0) is 44.4 Å². The van der Waals surface area contributed by atoms with Gasteiger partial charge in [0, 0.05) is 37.8 Å². The molecule has 1 fully saturated rings. The van der Waals surface area contributed by atoms with Crippen LogP contribution in [0.15, 0.2) is 24.3 Å². The maximum atomic E-state index is 12.6. The minimum atomic E-state index is -0.250. The van der Waals surface area contributed by atoms with Crippen molar-refractivity contribution in [3.8, 4) is 0 Å². The van der Waals surface area contributed by atoms with Crippen molar-refractivity contribution in [3.63, 3.8) is 0 Å². The Morgan fingerprint density at radius 1 is 1.28 bits per heavy atom. The molecule has 0 saturated heterocycles. The average molecular weight is 395 g/mol. The van der Waals surface area contributed by atoms with Gasteiger partial charge in [0.1, 0.15) is 5.69 Å². The summed E-state index contributed by atoms with van der Waals surface area (Å²) in [6, 6.07) is 7.71. The molecule has 0 unspecified atom stereocenters. The van der Waals surface area contributed by atoms with Crippen molar-refractivity contribution in [2.45, 2.75) is 44.6 Å². The zero-order valence-corrected chi connectivity index (χ0v) is 16.8. The number of H-pyrrole nitrogens is 1. The highest BCUT2D eigenvalue weighted by Gasteiger charge is 2.29. The number of amides is 1. The summed E-state index contributed by atoms with van der Waals surface area (Å²) in [6.45, 7) is 2.31. The van der Waals surface area contributed by atoms with Crippen molar-refractivity contribution >= 4 is 11.7 Å². The highest BCUT2D eigenvalue weighted by atomic mass is 16.5. The van der Waals surface area contributed by atoms with Gasteiger partial charge in [0.15, 0.2) is 5.82 Å². The number of carbonyl (C=O) groups is 1. The number of methoxy groups -OCH3 is 1. The molecule has 3 aromatic rings. The van der Waals surface area contributed by atoms with Gasteiger partial charge < -0.3 is 10.1 Å². The second-order valence-electron chi connectivity index (χ2n) is 7.55. The highest BCUT2D eigenvalue weighted by molar-refractivity contribution is 6.02. The van der Waals surface area contributed by atoms with Crippen LogP contribution in [0.3, 0.4) is 0 Å². The molecule has 1 aliphatic carbocycles. The third-order valence-corrected chi connectivity index (χ3v) is 5.40. The molecule has 0 spiro atoms. The van der Waals surface area contributed by atoms with Gasteiger partial charge in [-0.3, -0.25) is 14.6 Å². The van der Waals surface area contributed by atoms with Crippen LogP contribution in [0.5, 0.6) is 0 Å². The van der Waals surface area contributed by atoms with Crippen molar-refractivity contribution < 1.29 is 9.53 Å². The molecule has 0 aromatic carbocycles. The third kappa shape index (κ3) is 4.19. The lowest BCUT2D eigenvalue weighted by Crippen LogP contribution is -2.16. The average Bonchev–Trinajstić information content (AvgIpc) is 3.42. The number of aromatic nitrogens is 6. The largest absolute Gasteiger partial charge is 0.378 e. The van der Waals surface area contributed by atoms with Crippen LogP contribution in [-0.2, 0) is 18.4 Å². The maximum absolute atomic E-state index is 12.6. The van der Waals surface area contributed by atoms with E-state index in [-0.39, 0.29) is 5.91 Å². The summed E-state index contributed by atoms with van der Waals surface area (Å²) in [6.07, 6.45) is 3.12. The number of anilines is 1. The van der Waals surface area contributed by atoms with Gasteiger partial charge in [0.2, 0.25) is 0 Å². The minimum Gasteiger partial charge on any atom is -0.378 e. The van der Waals surface area contributed by atoms with E-state index in [9.17, 15) is 4.79 Å². The summed E-state index contributed by atoms with van der Waals surface area (Å²) in [5.41, 5.74) is 4.18. The van der Waals surface area contributed by atoms with Crippen LogP contribution in [-0.4, -0.2) is 43.2 Å². The van der Waals surface area contributed by atoms with Crippen molar-refractivity contribution in [1.29, 1.82) is 0 Å². The van der Waals surface area contributed by atoms with Gasteiger partial charge in [0.25, 0.3) is 5.91 Å². The van der Waals surface area contributed by atoms with Gasteiger partial charge >= 0.3 is 0 Å². The van der Waals surface area contributed by atoms with Gasteiger partial charge in [-0.15, -0.1) is 0 Å². The van der Waals surface area contributed by atoms with E-state index < -0.39 is 0 Å². The molecule has 0 radical (unpaired) electrons. The summed E-state index contributed by atoms with van der Waals surface area (Å²) in [5, 5.41) is 23.0. The quantitative estimate of drug-likeness (QED) is 0.664. The summed E-state index contributed by atoms with van der Waals surface area (Å²) in [5.74, 6) is 1.03. The van der Waals surface area contributed by atoms with Crippen LogP contribution in [0.25, 0.3) is 0 Å². The molecule has 3 aromatic heterocycles. The van der Waals surface area contributed by atoms with Crippen LogP contribution < -0.4 is 5.32 Å². The minimum absolute atomic E-state index is 0.250. The molecule has 9 nitrogen and oxygen atoms in total. The lowest BCUT2D eigenvalue weighted by Gasteiger charge is -2.09. The van der Waals surface area contributed by atoms with Crippen LogP contribution in [0, 0.1) is 6.92 Å². The molecular weight excluding hydrogens is 370 g/mol. The Labute approximate surface area is 168 Å². The van der Waals surface area contributed by atoms with E-state index in [1.807, 2.05) is 19.1 Å². The van der Waals surface area contributed by atoms with Crippen LogP contribution >= 0.6 is 0 Å². The van der Waals surface area contributed by atoms with E-state index in [0.717, 1.165) is 36.3 Å². The van der Waals surface area contributed by atoms with Gasteiger partial charge in [-0.25, -0.2) is 0 Å². The lowest BCUT2D eigenvalue weighted by molar-refractivity contribution is 0.101. The Balaban J connectivity index is 1.40. The first-order chi connectivity index (χ1) is 14.0. The highest BCUT2D eigenvalue weighted by Crippen LogP contribution is 2.42. The van der Waals surface area contributed by atoms with E-state index in [0.29, 0.717) is 35.6 Å². The van der Waals surface area contributed by atoms with Crippen LogP contribution in [0.2, 0.25) is 0 Å². The van der Waals surface area contributed by atoms with Crippen LogP contribution in [0.4, 0.5) is 5.82 Å². The first-order valence-electron chi connectivity index (χ1n) is 9.72. The normalized spacial score (nSPS) is 18.9. The lowest BCUT2D eigenvalue weighted by atomic mass is 9.99. The maximum Gasteiger partial charge on any atom is 0.275 e. The molecule has 152 valence electrons. The number of carbonyl (C=O) groups excluding carboxylic acids is 1. The Kier molecular flexibility index (Phi) is 5.39. The number of hydrogen-bond donors (Lipinski definition) is 2. The SMILES string of the molecule is COCc1cc(C(=O)Nc2cc([C@H]3CC[C@@H](c4ccc(C)nn4)C3)[nH]n2)n(C)n1. The fourth-order valence-corrected chi connectivity index (χ4v) is 3.91. The third-order valence-electron chi connectivity index (χ3n) is 5.40. The Morgan fingerprint density at radius 2 is 2.10 bits per heavy atom. The van der Waals surface area contributed by atoms with E-state index >= 15 is 0 Å². The molecule has 2 N–H and O–H groups in total. The number of hydrogen-bond acceptors (Lipinski definition) is 6. The molecule has 0 aliphatic heterocycles. The molecule has 3 heterocycles. The standard InChI is InChI=1S/C20H25N7O2/c1-12-4-7-16(23-22-12)13-5-6-14(8-13)17-10-19(25-24-17)21-20(28)18-9-15(11-29-3)26-27(18)2/h4,7,9-10,13-14H,5-6,8,11H2,1-3H3,(H2,21,24,25,28)/t13-,14+/m1/s1. The van der Waals surface area contributed by atoms with Crippen molar-refractivity contribution in [1.82, 2.24) is 30.2 Å². The first kappa shape index (κ1) is 19.3. The van der Waals surface area contributed by atoms with Crippen molar-refractivity contribution in [3.05, 3.63) is 52.7 Å². The number of rotatable bonds is 6. The molecule has 1 amide bonds. The second-order valence-corrected chi connectivity index (χ2v) is 7.55. The van der Waals surface area contributed by atoms with E-state index in [1.165, 1.54) is 0 Å². The topological polar surface area (TPSA) is 111 Å². The number of ether oxygens (including phenoxy) is 1. The molecule has 9 heteroatoms. The van der Waals surface area contributed by atoms with E-state index in [4.69, 9.17) is 4.74 Å². The summed E-state index contributed by atoms with van der Waals surface area (Å²) in [7, 11) is 3.33. The Bertz CT molecular complexity index is 993. The predicted molar refractivity (Wildman–Crippen MR) is 107 cm³/mol. The molecule has 1 aliphatic rings. The van der Waals surface area contributed by atoms with E-state index in [2.05, 4.69) is 36.9 Å². The first-order valence-corrected chi connectivity index (χ1v) is 9.72. The molecule has 0 bridgehead atoms. The second kappa shape index (κ2) is 8.12. The number of nitrogens with one attached hydrogen (secondary N) is 2. The summed E-state index contributed by atoms with van der Waals surface area (Å²) < 4.78 is 6.61. The molecule has 1 saturated carbocycles. The molecular formula is C20H25N7O2. The zero-order chi connectivity index (χ0) is 20.4. The van der Waals surface area contributed by atoms with Crippen LogP contribution in [0.1, 0.15) is 64.4 Å². The number of aromatic amines is 1.